The first-order chi connectivity index (χ1) is 18.7. The third-order valence-electron chi connectivity index (χ3n) is 6.20. The molecule has 1 aliphatic carbocycles. The number of anilines is 2. The van der Waals surface area contributed by atoms with E-state index in [-0.39, 0.29) is 23.7 Å². The van der Waals surface area contributed by atoms with Crippen molar-refractivity contribution in [3.8, 4) is 17.7 Å². The molecule has 2 amide bonds. The normalized spacial score (nSPS) is 13.8. The second-order valence-corrected chi connectivity index (χ2v) is 9.70. The second-order valence-electron chi connectivity index (χ2n) is 9.70. The second kappa shape index (κ2) is 14.8. The minimum Gasteiger partial charge on any atom is -0.473 e. The molecule has 0 radical (unpaired) electrons. The van der Waals surface area contributed by atoms with Crippen LogP contribution in [0, 0.1) is 17.7 Å². The zero-order valence-electron chi connectivity index (χ0n) is 23.0. The Morgan fingerprint density at radius 3 is 2.77 bits per heavy atom. The SMILES string of the molecule is C[C@@H](C(=O)NCCCC#Cc1cnc(Nc2cccc(F)c2)nc1OC1CCC1)N(C)C(=O)C=CCN(C)C. The van der Waals surface area contributed by atoms with Gasteiger partial charge in [0.2, 0.25) is 23.6 Å². The Hall–Kier alpha value is -3.97. The van der Waals surface area contributed by atoms with Crippen LogP contribution in [0.5, 0.6) is 5.88 Å². The summed E-state index contributed by atoms with van der Waals surface area (Å²) in [6.07, 6.45) is 9.19. The Labute approximate surface area is 229 Å². The molecule has 0 bridgehead atoms. The molecule has 0 saturated heterocycles. The summed E-state index contributed by atoms with van der Waals surface area (Å²) < 4.78 is 19.5. The van der Waals surface area contributed by atoms with Crippen molar-refractivity contribution in [2.75, 3.05) is 39.5 Å². The van der Waals surface area contributed by atoms with Crippen LogP contribution >= 0.6 is 0 Å². The van der Waals surface area contributed by atoms with E-state index >= 15 is 0 Å². The lowest BCUT2D eigenvalue weighted by molar-refractivity contribution is -0.135. The van der Waals surface area contributed by atoms with Gasteiger partial charge in [0.1, 0.15) is 23.5 Å². The smallest absolute Gasteiger partial charge is 0.246 e. The highest BCUT2D eigenvalue weighted by molar-refractivity contribution is 5.92. The standard InChI is InChI=1S/C29H37FN6O3/c1-21(36(4)26(37)16-10-18-35(2)3)27(38)31-17-7-5-6-11-22-20-32-29(33-24-13-8-12-23(30)19-24)34-28(22)39-25-14-9-15-25/h8,10,12-13,16,19-21,25H,5,7,9,14-15,17-18H2,1-4H3,(H,31,38)(H,32,33,34)/t21-/m0/s1. The van der Waals surface area contributed by atoms with Gasteiger partial charge in [-0.1, -0.05) is 24.0 Å². The van der Waals surface area contributed by atoms with Crippen LogP contribution in [0.2, 0.25) is 0 Å². The summed E-state index contributed by atoms with van der Waals surface area (Å²) in [6.45, 7) is 2.79. The zero-order valence-corrected chi connectivity index (χ0v) is 23.0. The van der Waals surface area contributed by atoms with Gasteiger partial charge in [-0.2, -0.15) is 4.98 Å². The van der Waals surface area contributed by atoms with Gasteiger partial charge in [0.05, 0.1) is 6.20 Å². The summed E-state index contributed by atoms with van der Waals surface area (Å²) in [5.41, 5.74) is 1.11. The lowest BCUT2D eigenvalue weighted by atomic mass is 9.96. The van der Waals surface area contributed by atoms with Crippen molar-refractivity contribution in [3.63, 3.8) is 0 Å². The van der Waals surface area contributed by atoms with Crippen molar-refractivity contribution in [1.29, 1.82) is 0 Å². The van der Waals surface area contributed by atoms with E-state index < -0.39 is 6.04 Å². The summed E-state index contributed by atoms with van der Waals surface area (Å²) >= 11 is 0. The maximum absolute atomic E-state index is 13.5. The molecule has 1 saturated carbocycles. The molecule has 2 N–H and O–H groups in total. The number of nitrogens with one attached hydrogen (secondary N) is 2. The molecule has 3 rings (SSSR count). The number of halogens is 1. The van der Waals surface area contributed by atoms with E-state index in [9.17, 15) is 14.0 Å². The fourth-order valence-corrected chi connectivity index (χ4v) is 3.49. The zero-order chi connectivity index (χ0) is 28.2. The first-order valence-electron chi connectivity index (χ1n) is 13.1. The van der Waals surface area contributed by atoms with Crippen molar-refractivity contribution < 1.29 is 18.7 Å². The number of aromatic nitrogens is 2. The van der Waals surface area contributed by atoms with Crippen LogP contribution in [0.3, 0.4) is 0 Å². The summed E-state index contributed by atoms with van der Waals surface area (Å²) in [7, 11) is 5.45. The molecule has 0 aliphatic heterocycles. The molecule has 1 heterocycles. The molecule has 208 valence electrons. The number of benzene rings is 1. The van der Waals surface area contributed by atoms with E-state index in [4.69, 9.17) is 4.74 Å². The van der Waals surface area contributed by atoms with E-state index in [0.717, 1.165) is 19.3 Å². The van der Waals surface area contributed by atoms with Gasteiger partial charge in [0.25, 0.3) is 0 Å². The van der Waals surface area contributed by atoms with Crippen LogP contribution in [0.25, 0.3) is 0 Å². The van der Waals surface area contributed by atoms with E-state index in [1.807, 2.05) is 19.0 Å². The summed E-state index contributed by atoms with van der Waals surface area (Å²) in [5, 5.41) is 5.85. The van der Waals surface area contributed by atoms with Gasteiger partial charge in [0.15, 0.2) is 0 Å². The van der Waals surface area contributed by atoms with Crippen LogP contribution in [0.15, 0.2) is 42.6 Å². The number of rotatable bonds is 12. The number of carbonyl (C=O) groups is 2. The Kier molecular flexibility index (Phi) is 11.3. The maximum Gasteiger partial charge on any atom is 0.246 e. The Bertz CT molecular complexity index is 1220. The van der Waals surface area contributed by atoms with E-state index in [0.29, 0.717) is 49.0 Å². The Morgan fingerprint density at radius 2 is 2.08 bits per heavy atom. The molecule has 0 spiro atoms. The van der Waals surface area contributed by atoms with Gasteiger partial charge in [-0.05, 0) is 64.9 Å². The number of likely N-dealkylation sites (N-methyl/N-ethyl adjacent to an activating group) is 2. The van der Waals surface area contributed by atoms with Gasteiger partial charge in [-0.25, -0.2) is 9.37 Å². The molecule has 1 aromatic heterocycles. The monoisotopic (exact) mass is 536 g/mol. The molecular formula is C29H37FN6O3. The molecule has 1 aromatic carbocycles. The van der Waals surface area contributed by atoms with Crippen molar-refractivity contribution in [1.82, 2.24) is 25.1 Å². The number of ether oxygens (including phenoxy) is 1. The number of hydrogen-bond donors (Lipinski definition) is 2. The Morgan fingerprint density at radius 1 is 1.28 bits per heavy atom. The lowest BCUT2D eigenvalue weighted by Gasteiger charge is -2.26. The largest absolute Gasteiger partial charge is 0.473 e. The minimum absolute atomic E-state index is 0.105. The first kappa shape index (κ1) is 29.6. The van der Waals surface area contributed by atoms with Crippen molar-refractivity contribution in [3.05, 3.63) is 54.0 Å². The molecule has 10 heteroatoms. The molecule has 1 fully saturated rings. The molecule has 9 nitrogen and oxygen atoms in total. The predicted molar refractivity (Wildman–Crippen MR) is 149 cm³/mol. The molecule has 39 heavy (non-hydrogen) atoms. The topological polar surface area (TPSA) is 99.7 Å². The van der Waals surface area contributed by atoms with Crippen LogP contribution in [0.4, 0.5) is 16.0 Å². The average Bonchev–Trinajstić information content (AvgIpc) is 2.87. The average molecular weight is 537 g/mol. The predicted octanol–water partition coefficient (Wildman–Crippen LogP) is 3.50. The molecule has 1 aliphatic rings. The summed E-state index contributed by atoms with van der Waals surface area (Å²) in [5.74, 6) is 6.08. The number of nitrogens with zero attached hydrogens (tertiary/aromatic N) is 4. The Balaban J connectivity index is 1.50. The quantitative estimate of drug-likeness (QED) is 0.243. The first-order valence-corrected chi connectivity index (χ1v) is 13.1. The highest BCUT2D eigenvalue weighted by Gasteiger charge is 2.22. The third-order valence-corrected chi connectivity index (χ3v) is 6.20. The van der Waals surface area contributed by atoms with Crippen LogP contribution in [-0.2, 0) is 9.59 Å². The van der Waals surface area contributed by atoms with Gasteiger partial charge in [0, 0.05) is 38.3 Å². The van der Waals surface area contributed by atoms with Gasteiger partial charge < -0.3 is 25.2 Å². The number of hydrogen-bond acceptors (Lipinski definition) is 7. The van der Waals surface area contributed by atoms with Crippen molar-refractivity contribution >= 4 is 23.5 Å². The summed E-state index contributed by atoms with van der Waals surface area (Å²) in [6, 6.07) is 5.48. The maximum atomic E-state index is 13.5. The highest BCUT2D eigenvalue weighted by atomic mass is 19.1. The van der Waals surface area contributed by atoms with Crippen LogP contribution in [-0.4, -0.2) is 78.0 Å². The fraction of sp³-hybridized carbons (Fsp3) is 0.448. The van der Waals surface area contributed by atoms with Gasteiger partial charge >= 0.3 is 0 Å². The summed E-state index contributed by atoms with van der Waals surface area (Å²) in [4.78, 5) is 36.8. The van der Waals surface area contributed by atoms with E-state index in [1.54, 1.807) is 38.4 Å². The van der Waals surface area contributed by atoms with Crippen LogP contribution < -0.4 is 15.4 Å². The number of amides is 2. The van der Waals surface area contributed by atoms with E-state index in [2.05, 4.69) is 32.4 Å². The molecular weight excluding hydrogens is 499 g/mol. The fourth-order valence-electron chi connectivity index (χ4n) is 3.49. The van der Waals surface area contributed by atoms with Crippen molar-refractivity contribution in [2.45, 2.75) is 51.2 Å². The minimum atomic E-state index is -0.588. The third kappa shape index (κ3) is 9.69. The molecule has 0 unspecified atom stereocenters. The highest BCUT2D eigenvalue weighted by Crippen LogP contribution is 2.27. The number of unbranched alkanes of at least 4 members (excludes halogenated alkanes) is 1. The molecule has 2 aromatic rings. The van der Waals surface area contributed by atoms with E-state index in [1.165, 1.54) is 23.1 Å². The number of carbonyl (C=O) groups excluding carboxylic acids is 2. The lowest BCUT2D eigenvalue weighted by Crippen LogP contribution is -2.45. The van der Waals surface area contributed by atoms with Crippen LogP contribution in [0.1, 0.15) is 44.6 Å². The van der Waals surface area contributed by atoms with Gasteiger partial charge in [-0.15, -0.1) is 0 Å². The molecule has 1 atom stereocenters. The van der Waals surface area contributed by atoms with Crippen molar-refractivity contribution in [2.24, 2.45) is 0 Å². The van der Waals surface area contributed by atoms with Gasteiger partial charge in [-0.3, -0.25) is 9.59 Å².